The van der Waals surface area contributed by atoms with Gasteiger partial charge in [0.1, 0.15) is 0 Å². The van der Waals surface area contributed by atoms with Crippen molar-refractivity contribution in [3.05, 3.63) is 24.3 Å². The van der Waals surface area contributed by atoms with E-state index in [2.05, 4.69) is 31.3 Å². The Kier molecular flexibility index (Phi) is 47.5. The van der Waals surface area contributed by atoms with Gasteiger partial charge in [0.15, 0.2) is 0 Å². The Morgan fingerprint density at radius 1 is 0.431 bits per heavy atom. The van der Waals surface area contributed by atoms with E-state index in [9.17, 15) is 20.1 Å². The fourth-order valence-corrected chi connectivity index (χ4v) is 8.24. The molecule has 3 unspecified atom stereocenters. The van der Waals surface area contributed by atoms with Gasteiger partial charge in [0.05, 0.1) is 31.3 Å². The van der Waals surface area contributed by atoms with Crippen molar-refractivity contribution in [2.45, 2.75) is 302 Å². The maximum Gasteiger partial charge on any atom is 0.222 e. The number of hydrogen-bond donors (Lipinski definition) is 4. The van der Waals surface area contributed by atoms with Crippen LogP contribution in [0.25, 0.3) is 0 Å². The first kappa shape index (κ1) is 56.8. The molecule has 4 N–H and O–H groups in total. The zero-order chi connectivity index (χ0) is 42.3. The second-order valence-corrected chi connectivity index (χ2v) is 18.1. The van der Waals surface area contributed by atoms with Crippen LogP contribution in [0.1, 0.15) is 284 Å². The molecule has 0 saturated heterocycles. The van der Waals surface area contributed by atoms with E-state index in [1.165, 1.54) is 225 Å². The van der Waals surface area contributed by atoms with Gasteiger partial charge in [-0.3, -0.25) is 4.79 Å². The first-order chi connectivity index (χ1) is 28.5. The third-order valence-electron chi connectivity index (χ3n) is 12.2. The second kappa shape index (κ2) is 48.5. The van der Waals surface area contributed by atoms with Crippen LogP contribution in [-0.4, -0.2) is 46.1 Å². The van der Waals surface area contributed by atoms with E-state index in [4.69, 9.17) is 0 Å². The van der Waals surface area contributed by atoms with Crippen LogP contribution in [0.15, 0.2) is 24.3 Å². The molecule has 0 spiro atoms. The Labute approximate surface area is 362 Å². The van der Waals surface area contributed by atoms with Crippen LogP contribution in [0.2, 0.25) is 0 Å². The van der Waals surface area contributed by atoms with E-state index in [-0.39, 0.29) is 18.9 Å². The highest BCUT2D eigenvalue weighted by molar-refractivity contribution is 5.76. The van der Waals surface area contributed by atoms with Gasteiger partial charge in [-0.25, -0.2) is 0 Å². The number of unbranched alkanes of at least 4 members (excludes halogenated alkanes) is 37. The van der Waals surface area contributed by atoms with Gasteiger partial charge in [0, 0.05) is 0 Å². The van der Waals surface area contributed by atoms with Crippen molar-refractivity contribution in [1.29, 1.82) is 0 Å². The minimum Gasteiger partial charge on any atom is -0.394 e. The van der Waals surface area contributed by atoms with Gasteiger partial charge >= 0.3 is 0 Å². The predicted molar refractivity (Wildman–Crippen MR) is 255 cm³/mol. The molecule has 1 amide bonds. The number of nitrogens with one attached hydrogen (secondary N) is 1. The molecule has 5 heteroatoms. The average Bonchev–Trinajstić information content (AvgIpc) is 3.22. The Morgan fingerprint density at radius 3 is 1.10 bits per heavy atom. The molecule has 0 heterocycles. The van der Waals surface area contributed by atoms with Gasteiger partial charge in [0.2, 0.25) is 5.91 Å². The molecule has 0 saturated carbocycles. The summed E-state index contributed by atoms with van der Waals surface area (Å²) >= 11 is 0. The summed E-state index contributed by atoms with van der Waals surface area (Å²) < 4.78 is 0. The standard InChI is InChI=1S/C53H103NO4/c1-3-5-7-9-11-13-15-17-19-21-23-24-25-26-27-28-29-31-33-35-37-39-41-43-45-47-52(57)51(49-55)54-53(58)48-50(56)46-44-42-40-38-36-34-32-30-22-20-18-16-14-12-10-8-6-4-2/h37,39,45,47,50-52,55-57H,3-36,38,40-44,46,48-49H2,1-2H3,(H,54,58)/b39-37+,47-45+. The summed E-state index contributed by atoms with van der Waals surface area (Å²) in [6, 6.07) is -0.758. The van der Waals surface area contributed by atoms with Gasteiger partial charge in [-0.1, -0.05) is 269 Å². The molecule has 0 aliphatic rings. The number of rotatable bonds is 48. The Balaban J connectivity index is 3.61. The van der Waals surface area contributed by atoms with E-state index in [1.54, 1.807) is 6.08 Å². The molecule has 0 aromatic carbocycles. The monoisotopic (exact) mass is 818 g/mol. The molecule has 0 bridgehead atoms. The highest BCUT2D eigenvalue weighted by Crippen LogP contribution is 2.17. The summed E-state index contributed by atoms with van der Waals surface area (Å²) in [6.45, 7) is 4.23. The minimum atomic E-state index is -0.950. The Morgan fingerprint density at radius 2 is 0.741 bits per heavy atom. The average molecular weight is 818 g/mol. The van der Waals surface area contributed by atoms with E-state index in [1.807, 2.05) is 6.08 Å². The molecule has 0 rings (SSSR count). The number of hydrogen-bond acceptors (Lipinski definition) is 4. The number of carbonyl (C=O) groups is 1. The van der Waals surface area contributed by atoms with Crippen molar-refractivity contribution >= 4 is 5.91 Å². The molecular weight excluding hydrogens is 715 g/mol. The van der Waals surface area contributed by atoms with E-state index < -0.39 is 18.2 Å². The SMILES string of the molecule is CCCCCCCCCCCCCCCCCCCCC/C=C/CC/C=C/C(O)C(CO)NC(=O)CC(O)CCCCCCCCCCCCCCCCCCCC. The van der Waals surface area contributed by atoms with Crippen molar-refractivity contribution in [3.63, 3.8) is 0 Å². The summed E-state index contributed by atoms with van der Waals surface area (Å²) in [5.74, 6) is -0.320. The van der Waals surface area contributed by atoms with Crippen molar-refractivity contribution in [1.82, 2.24) is 5.32 Å². The third-order valence-corrected chi connectivity index (χ3v) is 12.2. The number of carbonyl (C=O) groups excluding carboxylic acids is 1. The number of allylic oxidation sites excluding steroid dienone is 3. The predicted octanol–water partition coefficient (Wildman–Crippen LogP) is 15.7. The zero-order valence-corrected chi connectivity index (χ0v) is 39.2. The summed E-state index contributed by atoms with van der Waals surface area (Å²) in [5, 5.41) is 33.4. The molecule has 0 radical (unpaired) electrons. The lowest BCUT2D eigenvalue weighted by Crippen LogP contribution is -2.45. The summed E-state index contributed by atoms with van der Waals surface area (Å²) in [4.78, 5) is 12.5. The molecule has 0 aliphatic carbocycles. The molecule has 3 atom stereocenters. The van der Waals surface area contributed by atoms with Gasteiger partial charge in [-0.05, 0) is 32.1 Å². The number of aliphatic hydroxyl groups excluding tert-OH is 3. The molecule has 0 fully saturated rings. The topological polar surface area (TPSA) is 89.8 Å². The Bertz CT molecular complexity index is 859. The van der Waals surface area contributed by atoms with Crippen LogP contribution < -0.4 is 5.32 Å². The smallest absolute Gasteiger partial charge is 0.222 e. The highest BCUT2D eigenvalue weighted by Gasteiger charge is 2.20. The maximum atomic E-state index is 12.5. The minimum absolute atomic E-state index is 0.0101. The third kappa shape index (κ3) is 44.4. The molecule has 0 aromatic rings. The molecule has 5 nitrogen and oxygen atoms in total. The lowest BCUT2D eigenvalue weighted by atomic mass is 10.0. The van der Waals surface area contributed by atoms with E-state index >= 15 is 0 Å². The van der Waals surface area contributed by atoms with Crippen LogP contribution in [-0.2, 0) is 4.79 Å². The maximum absolute atomic E-state index is 12.5. The number of amides is 1. The fraction of sp³-hybridized carbons (Fsp3) is 0.906. The van der Waals surface area contributed by atoms with Crippen molar-refractivity contribution in [3.8, 4) is 0 Å². The van der Waals surface area contributed by atoms with Crippen LogP contribution in [0.5, 0.6) is 0 Å². The summed E-state index contributed by atoms with van der Waals surface area (Å²) in [6.07, 6.45) is 60.7. The molecule has 344 valence electrons. The second-order valence-electron chi connectivity index (χ2n) is 18.1. The molecule has 58 heavy (non-hydrogen) atoms. The normalized spacial score (nSPS) is 13.5. The fourth-order valence-electron chi connectivity index (χ4n) is 8.24. The summed E-state index contributed by atoms with van der Waals surface area (Å²) in [5.41, 5.74) is 0. The lowest BCUT2D eigenvalue weighted by molar-refractivity contribution is -0.124. The molecule has 0 aliphatic heterocycles. The van der Waals surface area contributed by atoms with Crippen molar-refractivity contribution in [2.24, 2.45) is 0 Å². The zero-order valence-electron chi connectivity index (χ0n) is 39.2. The van der Waals surface area contributed by atoms with Crippen LogP contribution in [0.4, 0.5) is 0 Å². The quantitative estimate of drug-likeness (QED) is 0.0364. The largest absolute Gasteiger partial charge is 0.394 e. The van der Waals surface area contributed by atoms with Gasteiger partial charge in [0.25, 0.3) is 0 Å². The van der Waals surface area contributed by atoms with E-state index in [0.29, 0.717) is 6.42 Å². The van der Waals surface area contributed by atoms with Gasteiger partial charge in [-0.2, -0.15) is 0 Å². The van der Waals surface area contributed by atoms with Gasteiger partial charge in [-0.15, -0.1) is 0 Å². The summed E-state index contributed by atoms with van der Waals surface area (Å²) in [7, 11) is 0. The first-order valence-electron chi connectivity index (χ1n) is 26.1. The first-order valence-corrected chi connectivity index (χ1v) is 26.1. The van der Waals surface area contributed by atoms with E-state index in [0.717, 1.165) is 32.1 Å². The van der Waals surface area contributed by atoms with Gasteiger partial charge < -0.3 is 20.6 Å². The van der Waals surface area contributed by atoms with Crippen molar-refractivity contribution < 1.29 is 20.1 Å². The molecular formula is C53H103NO4. The Hall–Kier alpha value is -1.17. The van der Waals surface area contributed by atoms with Crippen LogP contribution >= 0.6 is 0 Å². The lowest BCUT2D eigenvalue weighted by Gasteiger charge is -2.21. The highest BCUT2D eigenvalue weighted by atomic mass is 16.3. The number of aliphatic hydroxyl groups is 3. The van der Waals surface area contributed by atoms with Crippen molar-refractivity contribution in [2.75, 3.05) is 6.61 Å². The van der Waals surface area contributed by atoms with Crippen LogP contribution in [0, 0.1) is 0 Å². The molecule has 0 aromatic heterocycles. The van der Waals surface area contributed by atoms with Crippen LogP contribution in [0.3, 0.4) is 0 Å².